The number of carbonyl (C=O) groups excluding carboxylic acids is 1. The fourth-order valence-corrected chi connectivity index (χ4v) is 4.63. The van der Waals surface area contributed by atoms with Crippen molar-refractivity contribution in [2.24, 2.45) is 0 Å². The highest BCUT2D eigenvalue weighted by atomic mass is 19.4. The molecule has 4 aromatic rings. The van der Waals surface area contributed by atoms with Gasteiger partial charge in [0.15, 0.2) is 5.65 Å². The smallest absolute Gasteiger partial charge is 0.490 e. The molecule has 1 fully saturated rings. The van der Waals surface area contributed by atoms with Crippen LogP contribution in [0.4, 0.5) is 30.5 Å². The van der Waals surface area contributed by atoms with Gasteiger partial charge in [0, 0.05) is 42.5 Å². The second-order valence-corrected chi connectivity index (χ2v) is 10.3. The van der Waals surface area contributed by atoms with Gasteiger partial charge in [0.05, 0.1) is 18.5 Å². The molecule has 1 atom stereocenters. The van der Waals surface area contributed by atoms with Crippen LogP contribution in [-0.2, 0) is 9.59 Å². The van der Waals surface area contributed by atoms with E-state index < -0.39 is 12.1 Å². The number of hydrogen-bond donors (Lipinski definition) is 3. The highest BCUT2D eigenvalue weighted by Crippen LogP contribution is 2.32. The number of likely N-dealkylation sites (tertiary alicyclic amines) is 1. The van der Waals surface area contributed by atoms with Gasteiger partial charge in [-0.05, 0) is 62.4 Å². The Morgan fingerprint density at radius 1 is 1.17 bits per heavy atom. The lowest BCUT2D eigenvalue weighted by atomic mass is 10.2. The Labute approximate surface area is 261 Å². The molecule has 1 aliphatic rings. The van der Waals surface area contributed by atoms with Crippen LogP contribution in [0, 0.1) is 6.92 Å². The van der Waals surface area contributed by atoms with Crippen molar-refractivity contribution in [3.05, 3.63) is 83.3 Å². The number of carboxylic acids is 1. The van der Waals surface area contributed by atoms with E-state index >= 15 is 0 Å². The van der Waals surface area contributed by atoms with Crippen LogP contribution in [0.2, 0.25) is 0 Å². The van der Waals surface area contributed by atoms with Gasteiger partial charge in [0.2, 0.25) is 11.9 Å². The molecule has 0 bridgehead atoms. The molecule has 3 heterocycles. The fourth-order valence-electron chi connectivity index (χ4n) is 4.63. The summed E-state index contributed by atoms with van der Waals surface area (Å²) in [6.45, 7) is 7.22. The van der Waals surface area contributed by atoms with Gasteiger partial charge >= 0.3 is 12.1 Å². The van der Waals surface area contributed by atoms with Crippen molar-refractivity contribution < 1.29 is 37.3 Å². The number of amides is 1. The van der Waals surface area contributed by atoms with Gasteiger partial charge in [-0.25, -0.2) is 9.78 Å². The molecule has 1 amide bonds. The number of carboxylic acid groups (broad SMARTS) is 1. The van der Waals surface area contributed by atoms with E-state index in [2.05, 4.69) is 34.1 Å². The average Bonchev–Trinajstić information content (AvgIpc) is 3.41. The van der Waals surface area contributed by atoms with E-state index in [1.165, 1.54) is 16.7 Å². The molecule has 2 aromatic heterocycles. The number of fused-ring (bicyclic) bond motifs is 1. The number of methoxy groups -OCH3 is 1. The van der Waals surface area contributed by atoms with Crippen LogP contribution in [0.3, 0.4) is 0 Å². The number of ether oxygens (including phenoxy) is 2. The summed E-state index contributed by atoms with van der Waals surface area (Å²) in [6.07, 6.45) is -1.09. The number of aromatic nitrogens is 3. The first-order valence-corrected chi connectivity index (χ1v) is 13.8. The number of aryl methyl sites for hydroxylation is 1. The Balaban J connectivity index is 0.000000617. The van der Waals surface area contributed by atoms with E-state index in [0.717, 1.165) is 36.2 Å². The summed E-state index contributed by atoms with van der Waals surface area (Å²) in [7, 11) is 3.67. The SMILES string of the molecule is C=CC(=O)Nc1cccc(-n2c(=O)cc(C)c3cnc(Nc4ccc(O[C@H]5CCN(C)C5)cc4OC)nc32)c1.O=C(O)C(F)(F)F. The first kappa shape index (κ1) is 33.5. The summed E-state index contributed by atoms with van der Waals surface area (Å²) in [5.41, 5.74) is 2.66. The van der Waals surface area contributed by atoms with Gasteiger partial charge < -0.3 is 30.1 Å². The second-order valence-electron chi connectivity index (χ2n) is 10.3. The molecule has 2 aromatic carbocycles. The number of rotatable bonds is 8. The molecule has 15 heteroatoms. The highest BCUT2D eigenvalue weighted by Gasteiger charge is 2.38. The quantitative estimate of drug-likeness (QED) is 0.232. The van der Waals surface area contributed by atoms with E-state index in [4.69, 9.17) is 24.4 Å². The number of nitrogens with one attached hydrogen (secondary N) is 2. The van der Waals surface area contributed by atoms with Crippen LogP contribution in [0.15, 0.2) is 72.2 Å². The molecule has 0 saturated carbocycles. The van der Waals surface area contributed by atoms with Gasteiger partial charge in [-0.15, -0.1) is 0 Å². The Morgan fingerprint density at radius 2 is 1.91 bits per heavy atom. The lowest BCUT2D eigenvalue weighted by Crippen LogP contribution is -2.21. The van der Waals surface area contributed by atoms with Crippen molar-refractivity contribution >= 4 is 40.2 Å². The molecule has 0 radical (unpaired) electrons. The van der Waals surface area contributed by atoms with E-state index in [9.17, 15) is 22.8 Å². The monoisotopic (exact) mass is 640 g/mol. The van der Waals surface area contributed by atoms with Crippen molar-refractivity contribution in [1.82, 2.24) is 19.4 Å². The molecule has 46 heavy (non-hydrogen) atoms. The summed E-state index contributed by atoms with van der Waals surface area (Å²) in [6, 6.07) is 14.1. The van der Waals surface area contributed by atoms with Crippen molar-refractivity contribution in [3.8, 4) is 17.2 Å². The maximum absolute atomic E-state index is 13.2. The van der Waals surface area contributed by atoms with Gasteiger partial charge in [0.25, 0.3) is 5.56 Å². The lowest BCUT2D eigenvalue weighted by molar-refractivity contribution is -0.192. The number of halogens is 3. The molecule has 0 aliphatic carbocycles. The van der Waals surface area contributed by atoms with Gasteiger partial charge in [-0.2, -0.15) is 18.2 Å². The minimum Gasteiger partial charge on any atom is -0.494 e. The first-order chi connectivity index (χ1) is 21.8. The van der Waals surface area contributed by atoms with Crippen molar-refractivity contribution in [2.75, 3.05) is 37.9 Å². The normalized spacial score (nSPS) is 14.6. The zero-order valence-electron chi connectivity index (χ0n) is 25.1. The van der Waals surface area contributed by atoms with E-state index in [0.29, 0.717) is 34.4 Å². The summed E-state index contributed by atoms with van der Waals surface area (Å²) in [4.78, 5) is 45.3. The van der Waals surface area contributed by atoms with Gasteiger partial charge in [0.1, 0.15) is 17.6 Å². The maximum atomic E-state index is 13.2. The Morgan fingerprint density at radius 3 is 2.54 bits per heavy atom. The third-order valence-corrected chi connectivity index (χ3v) is 6.84. The van der Waals surface area contributed by atoms with Gasteiger partial charge in [-0.3, -0.25) is 14.2 Å². The topological polar surface area (TPSA) is 148 Å². The number of anilines is 3. The van der Waals surface area contributed by atoms with E-state index in [1.807, 2.05) is 25.1 Å². The number of alkyl halides is 3. The molecule has 3 N–H and O–H groups in total. The summed E-state index contributed by atoms with van der Waals surface area (Å²) in [5.74, 6) is -1.50. The summed E-state index contributed by atoms with van der Waals surface area (Å²) >= 11 is 0. The second kappa shape index (κ2) is 14.1. The molecule has 12 nitrogen and oxygen atoms in total. The third kappa shape index (κ3) is 8.18. The van der Waals surface area contributed by atoms with Crippen molar-refractivity contribution in [2.45, 2.75) is 25.6 Å². The predicted molar refractivity (Wildman–Crippen MR) is 165 cm³/mol. The number of nitrogens with zero attached hydrogens (tertiary/aromatic N) is 4. The molecular formula is C31H31F3N6O6. The van der Waals surface area contributed by atoms with Crippen LogP contribution >= 0.6 is 0 Å². The number of hydrogen-bond acceptors (Lipinski definition) is 9. The number of likely N-dealkylation sites (N-methyl/N-ethyl adjacent to an activating group) is 1. The van der Waals surface area contributed by atoms with Crippen molar-refractivity contribution in [3.63, 3.8) is 0 Å². The summed E-state index contributed by atoms with van der Waals surface area (Å²) in [5, 5.41) is 13.8. The Hall–Kier alpha value is -5.44. The molecule has 1 saturated heterocycles. The van der Waals surface area contributed by atoms with Crippen LogP contribution in [0.25, 0.3) is 16.7 Å². The number of benzene rings is 2. The summed E-state index contributed by atoms with van der Waals surface area (Å²) < 4.78 is 45.0. The molecule has 0 unspecified atom stereocenters. The number of carbonyl (C=O) groups is 2. The first-order valence-electron chi connectivity index (χ1n) is 13.8. The Kier molecular flexibility index (Phi) is 10.3. The molecule has 5 rings (SSSR count). The van der Waals surface area contributed by atoms with Gasteiger partial charge in [-0.1, -0.05) is 12.6 Å². The van der Waals surface area contributed by atoms with Crippen LogP contribution < -0.4 is 25.7 Å². The largest absolute Gasteiger partial charge is 0.494 e. The molecule has 0 spiro atoms. The van der Waals surface area contributed by atoms with E-state index in [1.54, 1.807) is 37.6 Å². The number of aliphatic carboxylic acids is 1. The molecule has 1 aliphatic heterocycles. The molecular weight excluding hydrogens is 609 g/mol. The van der Waals surface area contributed by atoms with Crippen molar-refractivity contribution in [1.29, 1.82) is 0 Å². The Bertz CT molecular complexity index is 1830. The zero-order chi connectivity index (χ0) is 33.6. The standard InChI is InChI=1S/C29H30N6O4.C2HF3O2/c1-5-26(36)31-19-7-6-8-20(14-19)35-27(37)13-18(2)23-16-30-29(33-28(23)35)32-24-10-9-21(15-25(24)38-4)39-22-11-12-34(3)17-22;3-2(4,5)1(6)7/h5-10,13-16,22H,1,11-12,17H2,2-4H3,(H,31,36)(H,30,32,33);(H,6,7)/t22-;/m0./s1. The average molecular weight is 641 g/mol. The predicted octanol–water partition coefficient (Wildman–Crippen LogP) is 4.68. The minimum absolute atomic E-state index is 0.144. The maximum Gasteiger partial charge on any atom is 0.490 e. The molecule has 242 valence electrons. The highest BCUT2D eigenvalue weighted by molar-refractivity contribution is 5.99. The minimum atomic E-state index is -5.08. The van der Waals surface area contributed by atoms with Crippen LogP contribution in [-0.4, -0.2) is 75.9 Å². The fraction of sp³-hybridized carbons (Fsp3) is 0.258. The van der Waals surface area contributed by atoms with Crippen LogP contribution in [0.1, 0.15) is 12.0 Å². The van der Waals surface area contributed by atoms with Crippen LogP contribution in [0.5, 0.6) is 11.5 Å². The lowest BCUT2D eigenvalue weighted by Gasteiger charge is -2.17. The van der Waals surface area contributed by atoms with E-state index in [-0.39, 0.29) is 17.6 Å². The third-order valence-electron chi connectivity index (χ3n) is 6.84. The zero-order valence-corrected chi connectivity index (χ0v) is 25.1. The number of pyridine rings is 1.